The van der Waals surface area contributed by atoms with Gasteiger partial charge in [-0.25, -0.2) is 8.78 Å². The molecule has 0 bridgehead atoms. The highest BCUT2D eigenvalue weighted by Gasteiger charge is 2.09. The van der Waals surface area contributed by atoms with Gasteiger partial charge in [0.25, 0.3) is 0 Å². The Morgan fingerprint density at radius 3 is 2.41 bits per heavy atom. The molecule has 0 N–H and O–H groups in total. The zero-order chi connectivity index (χ0) is 13.0. The van der Waals surface area contributed by atoms with Crippen molar-refractivity contribution in [3.8, 4) is 0 Å². The van der Waals surface area contributed by atoms with Gasteiger partial charge in [0.15, 0.2) is 17.4 Å². The standard InChI is InChI=1S/C13H13F2NO/c1-8-6-10(7-11(14)13(8)15)12(16-3)5-4-9(2)17/h4-7H,1-3H3/b5-4-,16-12?. The largest absolute Gasteiger partial charge is 0.295 e. The van der Waals surface area contributed by atoms with Crippen molar-refractivity contribution in [1.29, 1.82) is 0 Å². The van der Waals surface area contributed by atoms with Crippen molar-refractivity contribution in [3.63, 3.8) is 0 Å². The van der Waals surface area contributed by atoms with E-state index in [-0.39, 0.29) is 11.3 Å². The summed E-state index contributed by atoms with van der Waals surface area (Å²) in [5.74, 6) is -1.91. The topological polar surface area (TPSA) is 29.4 Å². The first-order valence-corrected chi connectivity index (χ1v) is 5.07. The van der Waals surface area contributed by atoms with Crippen molar-refractivity contribution < 1.29 is 13.6 Å². The maximum atomic E-state index is 13.2. The molecule has 2 nitrogen and oxygen atoms in total. The zero-order valence-electron chi connectivity index (χ0n) is 9.92. The minimum absolute atomic E-state index is 0.134. The summed E-state index contributed by atoms with van der Waals surface area (Å²) in [6.07, 6.45) is 2.81. The quantitative estimate of drug-likeness (QED) is 0.587. The Kier molecular flexibility index (Phi) is 4.26. The Morgan fingerprint density at radius 2 is 1.94 bits per heavy atom. The van der Waals surface area contributed by atoms with E-state index in [2.05, 4.69) is 4.99 Å². The maximum absolute atomic E-state index is 13.2. The third kappa shape index (κ3) is 3.31. The van der Waals surface area contributed by atoms with E-state index in [4.69, 9.17) is 0 Å². The molecule has 0 aliphatic heterocycles. The number of aryl methyl sites for hydroxylation is 1. The van der Waals surface area contributed by atoms with Crippen molar-refractivity contribution in [2.45, 2.75) is 13.8 Å². The van der Waals surface area contributed by atoms with Crippen LogP contribution in [0.1, 0.15) is 18.1 Å². The first kappa shape index (κ1) is 13.2. The van der Waals surface area contributed by atoms with Crippen molar-refractivity contribution in [1.82, 2.24) is 0 Å². The van der Waals surface area contributed by atoms with Crippen LogP contribution in [0.25, 0.3) is 0 Å². The molecule has 90 valence electrons. The number of nitrogens with zero attached hydrogens (tertiary/aromatic N) is 1. The molecule has 0 amide bonds. The SMILES string of the molecule is CN=C(/C=C\C(C)=O)c1cc(C)c(F)c(F)c1. The maximum Gasteiger partial charge on any atom is 0.161 e. The number of ketones is 1. The molecule has 0 heterocycles. The molecule has 0 fully saturated rings. The average Bonchev–Trinajstić information content (AvgIpc) is 2.26. The van der Waals surface area contributed by atoms with Gasteiger partial charge in [-0.15, -0.1) is 0 Å². The Balaban J connectivity index is 3.19. The number of carbonyl (C=O) groups excluding carboxylic acids is 1. The number of allylic oxidation sites excluding steroid dienone is 2. The summed E-state index contributed by atoms with van der Waals surface area (Å²) in [6.45, 7) is 2.88. The van der Waals surface area contributed by atoms with Crippen LogP contribution in [-0.2, 0) is 4.79 Å². The highest BCUT2D eigenvalue weighted by atomic mass is 19.2. The van der Waals surface area contributed by atoms with E-state index in [0.29, 0.717) is 11.3 Å². The van der Waals surface area contributed by atoms with Crippen LogP contribution in [0.5, 0.6) is 0 Å². The predicted molar refractivity (Wildman–Crippen MR) is 63.4 cm³/mol. The van der Waals surface area contributed by atoms with E-state index in [0.717, 1.165) is 6.07 Å². The molecule has 0 saturated heterocycles. The minimum Gasteiger partial charge on any atom is -0.295 e. The minimum atomic E-state index is -0.919. The fourth-order valence-electron chi connectivity index (χ4n) is 1.37. The van der Waals surface area contributed by atoms with Gasteiger partial charge < -0.3 is 0 Å². The number of carbonyl (C=O) groups is 1. The molecule has 0 atom stereocenters. The van der Waals surface area contributed by atoms with Gasteiger partial charge in [0.2, 0.25) is 0 Å². The lowest BCUT2D eigenvalue weighted by Crippen LogP contribution is -2.01. The van der Waals surface area contributed by atoms with Gasteiger partial charge in [-0.05, 0) is 43.7 Å². The van der Waals surface area contributed by atoms with Gasteiger partial charge in [0, 0.05) is 12.6 Å². The number of halogens is 2. The zero-order valence-corrected chi connectivity index (χ0v) is 9.92. The van der Waals surface area contributed by atoms with E-state index in [1.54, 1.807) is 0 Å². The summed E-state index contributed by atoms with van der Waals surface area (Å²) in [7, 11) is 1.52. The number of hydrogen-bond acceptors (Lipinski definition) is 2. The smallest absolute Gasteiger partial charge is 0.161 e. The third-order valence-electron chi connectivity index (χ3n) is 2.22. The second kappa shape index (κ2) is 5.48. The molecule has 17 heavy (non-hydrogen) atoms. The van der Waals surface area contributed by atoms with Crippen LogP contribution >= 0.6 is 0 Å². The van der Waals surface area contributed by atoms with Crippen LogP contribution in [-0.4, -0.2) is 18.5 Å². The first-order valence-electron chi connectivity index (χ1n) is 5.07. The van der Waals surface area contributed by atoms with E-state index >= 15 is 0 Å². The normalized spacial score (nSPS) is 12.2. The Morgan fingerprint density at radius 1 is 1.29 bits per heavy atom. The third-order valence-corrected chi connectivity index (χ3v) is 2.22. The van der Waals surface area contributed by atoms with Crippen LogP contribution in [0.2, 0.25) is 0 Å². The van der Waals surface area contributed by atoms with Crippen molar-refractivity contribution in [2.24, 2.45) is 4.99 Å². The van der Waals surface area contributed by atoms with Gasteiger partial charge in [-0.3, -0.25) is 9.79 Å². The molecule has 1 aromatic rings. The fourth-order valence-corrected chi connectivity index (χ4v) is 1.37. The number of hydrogen-bond donors (Lipinski definition) is 0. The number of rotatable bonds is 3. The average molecular weight is 237 g/mol. The molecule has 0 radical (unpaired) electrons. The summed E-state index contributed by atoms with van der Waals surface area (Å²) in [5, 5.41) is 0. The van der Waals surface area contributed by atoms with Crippen molar-refractivity contribution >= 4 is 11.5 Å². The summed E-state index contributed by atoms with van der Waals surface area (Å²) in [4.78, 5) is 14.7. The summed E-state index contributed by atoms with van der Waals surface area (Å²) < 4.78 is 26.3. The van der Waals surface area contributed by atoms with Gasteiger partial charge in [-0.1, -0.05) is 0 Å². The second-order valence-corrected chi connectivity index (χ2v) is 3.64. The molecule has 1 aromatic carbocycles. The van der Waals surface area contributed by atoms with Gasteiger partial charge in [-0.2, -0.15) is 0 Å². The lowest BCUT2D eigenvalue weighted by atomic mass is 10.1. The predicted octanol–water partition coefficient (Wildman–Crippen LogP) is 2.84. The lowest BCUT2D eigenvalue weighted by molar-refractivity contribution is -0.112. The molecule has 0 aliphatic carbocycles. The molecule has 0 unspecified atom stereocenters. The van der Waals surface area contributed by atoms with E-state index in [1.807, 2.05) is 0 Å². The monoisotopic (exact) mass is 237 g/mol. The fraction of sp³-hybridized carbons (Fsp3) is 0.231. The molecule has 0 aromatic heterocycles. The van der Waals surface area contributed by atoms with Crippen LogP contribution < -0.4 is 0 Å². The second-order valence-electron chi connectivity index (χ2n) is 3.64. The van der Waals surface area contributed by atoms with Gasteiger partial charge >= 0.3 is 0 Å². The van der Waals surface area contributed by atoms with Crippen molar-refractivity contribution in [2.75, 3.05) is 7.05 Å². The molecule has 0 saturated carbocycles. The lowest BCUT2D eigenvalue weighted by Gasteiger charge is -2.04. The molecule has 4 heteroatoms. The Hall–Kier alpha value is -1.84. The van der Waals surface area contributed by atoms with Crippen LogP contribution in [0.4, 0.5) is 8.78 Å². The van der Waals surface area contributed by atoms with E-state index < -0.39 is 11.6 Å². The number of aliphatic imine (C=N–C) groups is 1. The molecular formula is C13H13F2NO. The van der Waals surface area contributed by atoms with E-state index in [1.165, 1.54) is 39.1 Å². The Bertz CT molecular complexity index is 481. The molecular weight excluding hydrogens is 224 g/mol. The number of benzene rings is 1. The molecule has 0 spiro atoms. The highest BCUT2D eigenvalue weighted by molar-refractivity contribution is 6.11. The first-order chi connectivity index (χ1) is 7.95. The van der Waals surface area contributed by atoms with Gasteiger partial charge in [0.1, 0.15) is 0 Å². The van der Waals surface area contributed by atoms with Crippen molar-refractivity contribution in [3.05, 3.63) is 47.0 Å². The summed E-state index contributed by atoms with van der Waals surface area (Å²) >= 11 is 0. The van der Waals surface area contributed by atoms with Crippen LogP contribution in [0.3, 0.4) is 0 Å². The van der Waals surface area contributed by atoms with Gasteiger partial charge in [0.05, 0.1) is 5.71 Å². The molecule has 1 rings (SSSR count). The van der Waals surface area contributed by atoms with E-state index in [9.17, 15) is 13.6 Å². The van der Waals surface area contributed by atoms with Crippen LogP contribution in [0.15, 0.2) is 29.3 Å². The summed E-state index contributed by atoms with van der Waals surface area (Å²) in [6, 6.07) is 2.56. The molecule has 0 aliphatic rings. The summed E-state index contributed by atoms with van der Waals surface area (Å²) in [5.41, 5.74) is 1.08. The van der Waals surface area contributed by atoms with Crippen LogP contribution in [0, 0.1) is 18.6 Å². The highest BCUT2D eigenvalue weighted by Crippen LogP contribution is 2.15. The Labute approximate surface area is 98.7 Å².